The summed E-state index contributed by atoms with van der Waals surface area (Å²) in [6, 6.07) is 11.7. The molecule has 0 radical (unpaired) electrons. The Hall–Kier alpha value is -4.34. The second-order valence-electron chi connectivity index (χ2n) is 11.1. The summed E-state index contributed by atoms with van der Waals surface area (Å²) in [6.45, 7) is 3.22. The number of ether oxygens (including phenoxy) is 1. The number of carbonyl (C=O) groups excluding carboxylic acids is 5. The van der Waals surface area contributed by atoms with Gasteiger partial charge in [0.2, 0.25) is 17.7 Å². The fourth-order valence-electron chi connectivity index (χ4n) is 5.09. The maximum atomic E-state index is 13.8. The normalized spacial score (nSPS) is 14.8. The third kappa shape index (κ3) is 9.57. The second kappa shape index (κ2) is 15.6. The number of likely N-dealkylation sites (N-methyl/N-ethyl adjacent to an activating group) is 1. The molecular formula is C30H38N4O10S. The van der Waals surface area contributed by atoms with Gasteiger partial charge in [-0.2, -0.15) is 8.42 Å². The summed E-state index contributed by atoms with van der Waals surface area (Å²) in [4.78, 5) is 66.5. The number of amides is 5. The molecule has 2 aromatic carbocycles. The molecule has 5 N–H and O–H groups in total. The van der Waals surface area contributed by atoms with E-state index in [1.165, 1.54) is 19.2 Å². The first kappa shape index (κ1) is 35.1. The SMILES string of the molecule is CNC(=O)[C@@H](Cc1ccc(OCCCS(=O)(=O)O)cc1)NC(=O)[C@@H](CC(C)C)C(CN1C(=O)c2ccccc2C1=O)C(=O)NO. The first-order chi connectivity index (χ1) is 21.2. The van der Waals surface area contributed by atoms with Crippen molar-refractivity contribution in [1.29, 1.82) is 0 Å². The molecule has 0 saturated heterocycles. The molecule has 0 spiro atoms. The predicted molar refractivity (Wildman–Crippen MR) is 161 cm³/mol. The molecule has 0 aliphatic carbocycles. The van der Waals surface area contributed by atoms with E-state index in [4.69, 9.17) is 9.29 Å². The van der Waals surface area contributed by atoms with E-state index >= 15 is 0 Å². The van der Waals surface area contributed by atoms with E-state index in [2.05, 4.69) is 10.6 Å². The Kier molecular flexibility index (Phi) is 12.2. The van der Waals surface area contributed by atoms with Crippen LogP contribution < -0.4 is 20.9 Å². The summed E-state index contributed by atoms with van der Waals surface area (Å²) in [5.74, 6) is -5.99. The highest BCUT2D eigenvalue weighted by atomic mass is 32.2. The zero-order valence-electron chi connectivity index (χ0n) is 25.2. The Bertz CT molecular complexity index is 1480. The number of benzene rings is 2. The maximum Gasteiger partial charge on any atom is 0.264 e. The molecule has 0 fully saturated rings. The van der Waals surface area contributed by atoms with Crippen molar-refractivity contribution in [2.24, 2.45) is 17.8 Å². The number of hydrogen-bond donors (Lipinski definition) is 5. The van der Waals surface area contributed by atoms with Crippen LogP contribution in [-0.2, 0) is 30.9 Å². The highest BCUT2D eigenvalue weighted by Crippen LogP contribution is 2.28. The first-order valence-electron chi connectivity index (χ1n) is 14.3. The zero-order valence-corrected chi connectivity index (χ0v) is 26.0. The van der Waals surface area contributed by atoms with E-state index in [1.807, 2.05) is 13.8 Å². The van der Waals surface area contributed by atoms with Crippen molar-refractivity contribution in [3.05, 3.63) is 65.2 Å². The van der Waals surface area contributed by atoms with Gasteiger partial charge in [0.1, 0.15) is 11.8 Å². The number of nitrogens with zero attached hydrogens (tertiary/aromatic N) is 1. The largest absolute Gasteiger partial charge is 0.494 e. The minimum Gasteiger partial charge on any atom is -0.494 e. The fraction of sp³-hybridized carbons (Fsp3) is 0.433. The Labute approximate surface area is 261 Å². The zero-order chi connectivity index (χ0) is 33.3. The number of fused-ring (bicyclic) bond motifs is 1. The summed E-state index contributed by atoms with van der Waals surface area (Å²) in [6.07, 6.45) is 0.278. The average Bonchev–Trinajstić information content (AvgIpc) is 3.24. The minimum absolute atomic E-state index is 0.0522. The summed E-state index contributed by atoms with van der Waals surface area (Å²) in [5.41, 5.74) is 2.54. The standard InChI is InChI=1S/C30H38N4O10S/c1-18(2)15-23(24(27(36)33-40)17-34-29(38)21-7-4-5-8-22(21)30(34)39)26(35)32-25(28(37)31-3)16-19-9-11-20(12-10-19)44-13-6-14-45(41,42)43/h4-5,7-12,18,23-25,40H,6,13-17H2,1-3H3,(H,31,37)(H,32,35)(H,33,36)(H,41,42,43)/t23-,24?,25+/m0/s1. The van der Waals surface area contributed by atoms with Gasteiger partial charge in [0.15, 0.2) is 0 Å². The molecule has 1 heterocycles. The van der Waals surface area contributed by atoms with Gasteiger partial charge in [0.05, 0.1) is 35.3 Å². The lowest BCUT2D eigenvalue weighted by atomic mass is 9.83. The summed E-state index contributed by atoms with van der Waals surface area (Å²) in [7, 11) is -2.68. The third-order valence-corrected chi connectivity index (χ3v) is 8.11. The van der Waals surface area contributed by atoms with Crippen LogP contribution in [0.25, 0.3) is 0 Å². The quantitative estimate of drug-likeness (QED) is 0.0579. The van der Waals surface area contributed by atoms with Crippen LogP contribution in [0, 0.1) is 17.8 Å². The minimum atomic E-state index is -4.09. The van der Waals surface area contributed by atoms with Crippen molar-refractivity contribution in [1.82, 2.24) is 21.0 Å². The highest BCUT2D eigenvalue weighted by molar-refractivity contribution is 7.85. The molecule has 3 atom stereocenters. The van der Waals surface area contributed by atoms with Gasteiger partial charge in [-0.3, -0.25) is 38.6 Å². The molecule has 1 aliphatic heterocycles. The Balaban J connectivity index is 1.78. The lowest BCUT2D eigenvalue weighted by Gasteiger charge is -2.30. The van der Waals surface area contributed by atoms with Gasteiger partial charge in [-0.25, -0.2) is 5.48 Å². The van der Waals surface area contributed by atoms with Crippen LogP contribution in [0.15, 0.2) is 48.5 Å². The second-order valence-corrected chi connectivity index (χ2v) is 12.7. The third-order valence-electron chi connectivity index (χ3n) is 7.31. The van der Waals surface area contributed by atoms with Crippen molar-refractivity contribution in [2.75, 3.05) is 26.0 Å². The molecule has 0 aromatic heterocycles. The molecule has 15 heteroatoms. The summed E-state index contributed by atoms with van der Waals surface area (Å²) in [5, 5.41) is 14.8. The number of nitrogens with one attached hydrogen (secondary N) is 3. The smallest absolute Gasteiger partial charge is 0.264 e. The van der Waals surface area contributed by atoms with E-state index in [0.717, 1.165) is 4.90 Å². The van der Waals surface area contributed by atoms with Crippen molar-refractivity contribution in [3.8, 4) is 5.75 Å². The van der Waals surface area contributed by atoms with Crippen LogP contribution >= 0.6 is 0 Å². The van der Waals surface area contributed by atoms with E-state index in [1.54, 1.807) is 41.9 Å². The number of imide groups is 1. The molecule has 1 unspecified atom stereocenters. The van der Waals surface area contributed by atoms with Gasteiger partial charge < -0.3 is 15.4 Å². The molecule has 3 rings (SSSR count). The number of rotatable bonds is 16. The van der Waals surface area contributed by atoms with Crippen LogP contribution in [0.3, 0.4) is 0 Å². The van der Waals surface area contributed by atoms with Crippen molar-refractivity contribution < 1.29 is 46.9 Å². The predicted octanol–water partition coefficient (Wildman–Crippen LogP) is 1.20. The van der Waals surface area contributed by atoms with Crippen LogP contribution in [0.2, 0.25) is 0 Å². The van der Waals surface area contributed by atoms with Crippen LogP contribution in [0.4, 0.5) is 0 Å². The summed E-state index contributed by atoms with van der Waals surface area (Å²) < 4.78 is 36.0. The first-order valence-corrected chi connectivity index (χ1v) is 15.9. The molecule has 0 saturated carbocycles. The highest BCUT2D eigenvalue weighted by Gasteiger charge is 2.42. The molecule has 1 aliphatic rings. The number of hydroxylamine groups is 1. The monoisotopic (exact) mass is 646 g/mol. The molecule has 14 nitrogen and oxygen atoms in total. The van der Waals surface area contributed by atoms with Crippen LogP contribution in [0.5, 0.6) is 5.75 Å². The molecule has 244 valence electrons. The topological polar surface area (TPSA) is 209 Å². The van der Waals surface area contributed by atoms with Gasteiger partial charge in [-0.1, -0.05) is 38.1 Å². The lowest BCUT2D eigenvalue weighted by Crippen LogP contribution is -2.53. The van der Waals surface area contributed by atoms with Gasteiger partial charge in [-0.15, -0.1) is 0 Å². The van der Waals surface area contributed by atoms with E-state index in [9.17, 15) is 37.6 Å². The van der Waals surface area contributed by atoms with Gasteiger partial charge in [0.25, 0.3) is 21.9 Å². The average molecular weight is 647 g/mol. The van der Waals surface area contributed by atoms with E-state index < -0.39 is 69.8 Å². The molecule has 45 heavy (non-hydrogen) atoms. The molecule has 0 bridgehead atoms. The van der Waals surface area contributed by atoms with E-state index in [-0.39, 0.29) is 42.9 Å². The van der Waals surface area contributed by atoms with Gasteiger partial charge >= 0.3 is 0 Å². The van der Waals surface area contributed by atoms with E-state index in [0.29, 0.717) is 11.3 Å². The lowest BCUT2D eigenvalue weighted by molar-refractivity contribution is -0.142. The molecule has 5 amide bonds. The van der Waals surface area contributed by atoms with Crippen LogP contribution in [-0.4, -0.2) is 84.6 Å². The Morgan fingerprint density at radius 1 is 0.911 bits per heavy atom. The number of carbonyl (C=O) groups is 5. The fourth-order valence-corrected chi connectivity index (χ4v) is 5.57. The van der Waals surface area contributed by atoms with Crippen LogP contribution in [0.1, 0.15) is 53.0 Å². The Morgan fingerprint density at radius 3 is 2.02 bits per heavy atom. The maximum absolute atomic E-state index is 13.8. The van der Waals surface area contributed by atoms with Crippen molar-refractivity contribution >= 4 is 39.7 Å². The number of hydrogen-bond acceptors (Lipinski definition) is 9. The van der Waals surface area contributed by atoms with Gasteiger partial charge in [-0.05, 0) is 48.6 Å². The van der Waals surface area contributed by atoms with Gasteiger partial charge in [0, 0.05) is 20.0 Å². The molecule has 2 aromatic rings. The van der Waals surface area contributed by atoms with Crippen molar-refractivity contribution in [2.45, 2.75) is 39.2 Å². The van der Waals surface area contributed by atoms with Crippen molar-refractivity contribution in [3.63, 3.8) is 0 Å². The summed E-state index contributed by atoms with van der Waals surface area (Å²) >= 11 is 0. The molecular weight excluding hydrogens is 608 g/mol. The Morgan fingerprint density at radius 2 is 1.51 bits per heavy atom.